The first-order chi connectivity index (χ1) is 64.1. The summed E-state index contributed by atoms with van der Waals surface area (Å²) in [5, 5.41) is 26.1. The number of anilines is 3. The van der Waals surface area contributed by atoms with Crippen LogP contribution in [0.4, 0.5) is 21.5 Å². The fourth-order valence-corrected chi connectivity index (χ4v) is 16.8. The molecule has 5 radical (unpaired) electrons. The number of nitrogens with zero attached hydrogens (tertiary/aromatic N) is 7. The molecule has 699 valence electrons. The first-order valence-electron chi connectivity index (χ1n) is 43.8. The molecule has 0 saturated carbocycles. The minimum absolute atomic E-state index is 0. The van der Waals surface area contributed by atoms with Gasteiger partial charge in [0.05, 0.1) is 11.5 Å². The van der Waals surface area contributed by atoms with Gasteiger partial charge in [-0.15, -0.1) is 190 Å². The van der Waals surface area contributed by atoms with Gasteiger partial charge in [0, 0.05) is 167 Å². The van der Waals surface area contributed by atoms with Crippen molar-refractivity contribution in [1.29, 1.82) is 0 Å². The van der Waals surface area contributed by atoms with E-state index in [-0.39, 0.29) is 140 Å². The average Bonchev–Trinajstić information content (AvgIpc) is 0.714. The van der Waals surface area contributed by atoms with E-state index < -0.39 is 0 Å². The number of aliphatic hydroxyl groups excluding tert-OH is 2. The number of rotatable bonds is 9. The van der Waals surface area contributed by atoms with Gasteiger partial charge in [0.2, 0.25) is 0 Å². The maximum atomic E-state index is 14.4. The van der Waals surface area contributed by atoms with E-state index in [9.17, 15) is 14.0 Å². The third-order valence-corrected chi connectivity index (χ3v) is 22.8. The molecule has 137 heavy (non-hydrogen) atoms. The minimum Gasteiger partial charge on any atom is -0.512 e. The molecule has 0 unspecified atom stereocenters. The Balaban J connectivity index is 0.000000165. The second kappa shape index (κ2) is 49.9. The SMILES string of the molecule is CC(=O)C=C(C)O.CC(=O)C=C(C)O.CC1(C)c2c([c-]ccc2F)-c2nccc3cccc1c23.CC1(C)c2ccc[c-]c2-c2nccc3cc4c(c1c23)OCCO4.Cc1ccc(N(c2ccc(C)cc2)c2cc[c-]c(-c3ccccn3)c2)cc1.[Ir].[Ir].[Ir].[Ir].[Ir].[c-]1ccc2ccccc2c1-c1ccccn1.[c-]1ccccc1-c1nccc2ccccc12.[c-]1ccccc1C1=NCCc2ccccc21. The van der Waals surface area contributed by atoms with Crippen LogP contribution < -0.4 is 14.4 Å². The van der Waals surface area contributed by atoms with E-state index in [1.807, 2.05) is 176 Å². The predicted octanol–water partition coefficient (Wildman–Crippen LogP) is 27.6. The van der Waals surface area contributed by atoms with Crippen LogP contribution in [0.1, 0.15) is 105 Å². The summed E-state index contributed by atoms with van der Waals surface area (Å²) >= 11 is 0. The summed E-state index contributed by atoms with van der Waals surface area (Å²) in [7, 11) is 0. The van der Waals surface area contributed by atoms with Gasteiger partial charge < -0.3 is 54.5 Å². The van der Waals surface area contributed by atoms with Crippen LogP contribution in [0.3, 0.4) is 0 Å². The quantitative estimate of drug-likeness (QED) is 0.0797. The smallest absolute Gasteiger partial charge is 0.164 e. The van der Waals surface area contributed by atoms with Crippen LogP contribution in [0.25, 0.3) is 99.4 Å². The number of hydrogen-bond donors (Lipinski definition) is 2. The zero-order valence-electron chi connectivity index (χ0n) is 77.0. The van der Waals surface area contributed by atoms with Gasteiger partial charge in [-0.05, 0) is 214 Å². The molecule has 2 N–H and O–H groups in total. The van der Waals surface area contributed by atoms with Crippen LogP contribution in [0.15, 0.2) is 369 Å². The Morgan fingerprint density at radius 1 is 0.401 bits per heavy atom. The van der Waals surface area contributed by atoms with E-state index in [2.05, 4.69) is 258 Å². The fourth-order valence-electron chi connectivity index (χ4n) is 16.8. The van der Waals surface area contributed by atoms with Crippen molar-refractivity contribution in [3.8, 4) is 67.8 Å². The number of carbonyl (C=O) groups excluding carboxylic acids is 2. The Morgan fingerprint density at radius 2 is 0.905 bits per heavy atom. The van der Waals surface area contributed by atoms with Gasteiger partial charge >= 0.3 is 0 Å². The Bertz CT molecular complexity index is 7050. The van der Waals surface area contributed by atoms with Gasteiger partial charge in [0.1, 0.15) is 13.2 Å². The van der Waals surface area contributed by atoms with Crippen molar-refractivity contribution in [3.63, 3.8) is 0 Å². The van der Waals surface area contributed by atoms with Gasteiger partial charge in [0.15, 0.2) is 23.1 Å². The number of aliphatic imine (C=N–C) groups is 1. The first-order valence-corrected chi connectivity index (χ1v) is 43.8. The van der Waals surface area contributed by atoms with E-state index in [0.29, 0.717) is 18.8 Å². The Labute approximate surface area is 868 Å². The number of benzene rings is 13. The fraction of sp³-hybridized carbons (Fsp3) is 0.136. The van der Waals surface area contributed by atoms with E-state index >= 15 is 0 Å². The third kappa shape index (κ3) is 25.6. The molecule has 0 bridgehead atoms. The van der Waals surface area contributed by atoms with Crippen LogP contribution in [0, 0.1) is 56.1 Å². The number of pyridine rings is 5. The molecule has 2 aliphatic heterocycles. The van der Waals surface area contributed by atoms with Crippen LogP contribution in [-0.4, -0.2) is 72.2 Å². The number of fused-ring (bicyclic) bond motifs is 9. The summed E-state index contributed by atoms with van der Waals surface area (Å²) in [6.07, 6.45) is 12.5. The van der Waals surface area contributed by atoms with Crippen LogP contribution >= 0.6 is 0 Å². The van der Waals surface area contributed by atoms with Crippen molar-refractivity contribution in [3.05, 3.63) is 456 Å². The Hall–Kier alpha value is -12.7. The van der Waals surface area contributed by atoms with Gasteiger partial charge in [-0.25, -0.2) is 4.39 Å². The number of hydrogen-bond acceptors (Lipinski definition) is 13. The number of halogens is 1. The van der Waals surface area contributed by atoms with Gasteiger partial charge in [-0.2, -0.15) is 0 Å². The normalized spacial score (nSPS) is 12.4. The molecule has 18 aromatic rings. The predicted molar refractivity (Wildman–Crippen MR) is 532 cm³/mol. The number of ether oxygens (including phenoxy) is 2. The van der Waals surface area contributed by atoms with Gasteiger partial charge in [0.25, 0.3) is 0 Å². The Morgan fingerprint density at radius 3 is 1.53 bits per heavy atom. The van der Waals surface area contributed by atoms with Crippen molar-refractivity contribution in [2.45, 2.75) is 86.5 Å². The van der Waals surface area contributed by atoms with E-state index in [1.54, 1.807) is 12.3 Å². The maximum Gasteiger partial charge on any atom is 0.164 e. The van der Waals surface area contributed by atoms with Crippen molar-refractivity contribution in [2.24, 2.45) is 4.99 Å². The molecule has 0 spiro atoms. The van der Waals surface area contributed by atoms with Gasteiger partial charge in [-0.1, -0.05) is 189 Å². The molecular formula is C118H98FIr5N7O6-6. The van der Waals surface area contributed by atoms with E-state index in [4.69, 9.17) is 19.7 Å². The third-order valence-electron chi connectivity index (χ3n) is 22.8. The van der Waals surface area contributed by atoms with Gasteiger partial charge in [-0.3, -0.25) is 9.59 Å². The summed E-state index contributed by atoms with van der Waals surface area (Å²) in [4.78, 5) is 49.4. The second-order valence-corrected chi connectivity index (χ2v) is 33.1. The summed E-state index contributed by atoms with van der Waals surface area (Å²) in [6, 6.07) is 124. The molecule has 13 nitrogen and oxygen atoms in total. The van der Waals surface area contributed by atoms with Crippen molar-refractivity contribution in [1.82, 2.24) is 24.9 Å². The summed E-state index contributed by atoms with van der Waals surface area (Å²) in [5.74, 6) is 1.40. The summed E-state index contributed by atoms with van der Waals surface area (Å²) in [5.41, 5.74) is 24.0. The van der Waals surface area contributed by atoms with Crippen LogP contribution in [-0.2, 0) is 127 Å². The van der Waals surface area contributed by atoms with Crippen molar-refractivity contribution < 1.29 is 134 Å². The molecule has 13 aromatic carbocycles. The zero-order valence-corrected chi connectivity index (χ0v) is 89.0. The number of aliphatic hydroxyl groups is 2. The first kappa shape index (κ1) is 106. The monoisotopic (exact) mass is 2690 g/mol. The molecule has 0 saturated heterocycles. The maximum absolute atomic E-state index is 14.4. The molecule has 7 heterocycles. The van der Waals surface area contributed by atoms with Crippen LogP contribution in [0.5, 0.6) is 11.5 Å². The second-order valence-electron chi connectivity index (χ2n) is 33.1. The number of ketones is 2. The minimum atomic E-state index is -0.382. The molecule has 2 aliphatic carbocycles. The van der Waals surface area contributed by atoms with Crippen molar-refractivity contribution >= 4 is 77.4 Å². The number of aromatic nitrogens is 5. The summed E-state index contributed by atoms with van der Waals surface area (Å²) < 4.78 is 26.3. The number of aryl methyl sites for hydroxylation is 2. The molecule has 22 rings (SSSR count). The molecule has 0 amide bonds. The number of allylic oxidation sites excluding steroid dienone is 4. The van der Waals surface area contributed by atoms with E-state index in [1.165, 1.54) is 101 Å². The largest absolute Gasteiger partial charge is 0.512 e. The molecule has 0 atom stereocenters. The van der Waals surface area contributed by atoms with Crippen molar-refractivity contribution in [2.75, 3.05) is 24.7 Å². The molecule has 0 fully saturated rings. The molecule has 4 aliphatic rings. The molecule has 5 aromatic heterocycles. The summed E-state index contributed by atoms with van der Waals surface area (Å²) in [6.45, 7) is 20.6. The van der Waals surface area contributed by atoms with E-state index in [0.717, 1.165) is 136 Å². The molecular weight excluding hydrogens is 2590 g/mol. The van der Waals surface area contributed by atoms with Crippen LogP contribution in [0.2, 0.25) is 0 Å². The zero-order chi connectivity index (χ0) is 92.3. The Kier molecular flexibility index (Phi) is 38.7. The topological polar surface area (TPSA) is 173 Å². The standard InChI is InChI=1S/C25H21N2.C20H16NO2.C18H13FN.C15H10N.C15H12N.C15H10N.2C5H8O2.5Ir/c1-19-9-13-22(14-10-19)27(23-15-11-20(2)12-16-23)24-7-5-6-21(18-24)25-8-3-4-17-26-25;1-20(2)14-6-4-3-5-13(14)18-16-12(7-8-21-18)11-15-19(17(16)20)23-10-9-22-15;1-18(2)13-7-3-5-11-9-10-20-17(15(11)13)12-6-4-8-14(19)16(12)18;1-2-8-13-12(6-1)7-5-9-14(13)15-10-3-4-11-16-15;2*1-2-7-13(8-3-1)15-14-9-5-4-6-12(14)10-11-16-15;2*1-4(6)3-5(2)7;;;;;/h3-5,7-18H,1-2H3;3-4,6-8,11H,9-10H2,1-2H3;3-5,7-10H,1-2H3;1-8,10-11H;1-7,9H,10-11H2;1-7,9-11H;2*3,6H,1-2H3;;;;;/q6*-1;;;;;;;. The average molecular weight is 2690 g/mol. The number of carbonyl (C=O) groups is 2. The molecule has 19 heteroatoms.